The van der Waals surface area contributed by atoms with Crippen molar-refractivity contribution >= 4 is 29.1 Å². The number of piperidine rings is 1. The Kier molecular flexibility index (Phi) is 6.46. The number of hydrogen-bond acceptors (Lipinski definition) is 3. The quantitative estimate of drug-likeness (QED) is 0.496. The summed E-state index contributed by atoms with van der Waals surface area (Å²) in [6.07, 6.45) is -1.34. The first kappa shape index (κ1) is 22.6. The third-order valence-electron chi connectivity index (χ3n) is 5.20. The highest BCUT2D eigenvalue weighted by Crippen LogP contribution is 2.33. The monoisotopic (exact) mass is 482 g/mol. The average molecular weight is 483 g/mol. The Labute approximate surface area is 192 Å². The van der Waals surface area contributed by atoms with E-state index in [0.29, 0.717) is 22.0 Å². The molecule has 3 aromatic rings. The largest absolute Gasteiger partial charge is 0.416 e. The molecule has 1 aliphatic rings. The van der Waals surface area contributed by atoms with E-state index in [1.807, 2.05) is 5.01 Å². The molecule has 0 radical (unpaired) electrons. The Morgan fingerprint density at radius 1 is 0.969 bits per heavy atom. The van der Waals surface area contributed by atoms with Gasteiger partial charge < -0.3 is 0 Å². The molecular formula is C22H19Cl2F3N4O. The van der Waals surface area contributed by atoms with Gasteiger partial charge in [-0.2, -0.15) is 18.3 Å². The minimum Gasteiger partial charge on any atom is -0.283 e. The molecule has 1 aliphatic heterocycles. The highest BCUT2D eigenvalue weighted by atomic mass is 35.5. The summed E-state index contributed by atoms with van der Waals surface area (Å²) in [5.74, 6) is -0.399. The fraction of sp³-hybridized carbons (Fsp3) is 0.273. The average Bonchev–Trinajstić information content (AvgIpc) is 3.19. The fourth-order valence-corrected chi connectivity index (χ4v) is 4.06. The number of hydrogen-bond donors (Lipinski definition) is 1. The number of carbonyl (C=O) groups excluding carboxylic acids is 1. The van der Waals surface area contributed by atoms with Crippen molar-refractivity contribution in [1.82, 2.24) is 20.2 Å². The maximum Gasteiger partial charge on any atom is 0.416 e. The van der Waals surface area contributed by atoms with Gasteiger partial charge >= 0.3 is 6.18 Å². The molecule has 32 heavy (non-hydrogen) atoms. The van der Waals surface area contributed by atoms with E-state index < -0.39 is 17.6 Å². The van der Waals surface area contributed by atoms with E-state index in [1.54, 1.807) is 12.1 Å². The van der Waals surface area contributed by atoms with Gasteiger partial charge in [0.05, 0.1) is 22.0 Å². The molecule has 168 valence electrons. The van der Waals surface area contributed by atoms with Crippen LogP contribution in [0, 0.1) is 0 Å². The third-order valence-corrected chi connectivity index (χ3v) is 5.74. The summed E-state index contributed by atoms with van der Waals surface area (Å²) in [5.41, 5.74) is 3.53. The van der Waals surface area contributed by atoms with E-state index in [9.17, 15) is 18.0 Å². The van der Waals surface area contributed by atoms with E-state index in [2.05, 4.69) is 10.5 Å². The topological polar surface area (TPSA) is 50.2 Å². The molecule has 0 aliphatic carbocycles. The van der Waals surface area contributed by atoms with E-state index in [4.69, 9.17) is 23.2 Å². The summed E-state index contributed by atoms with van der Waals surface area (Å²) in [6.45, 7) is 1.50. The lowest BCUT2D eigenvalue weighted by atomic mass is 10.1. The van der Waals surface area contributed by atoms with Crippen LogP contribution in [0.15, 0.2) is 48.5 Å². The van der Waals surface area contributed by atoms with Crippen LogP contribution < -0.4 is 5.43 Å². The number of alkyl halides is 3. The van der Waals surface area contributed by atoms with Gasteiger partial charge in [0.25, 0.3) is 5.91 Å². The number of nitrogens with zero attached hydrogens (tertiary/aromatic N) is 3. The van der Waals surface area contributed by atoms with E-state index in [-0.39, 0.29) is 10.7 Å². The van der Waals surface area contributed by atoms with Gasteiger partial charge in [0.2, 0.25) is 0 Å². The lowest BCUT2D eigenvalue weighted by Crippen LogP contribution is -2.45. The van der Waals surface area contributed by atoms with Crippen molar-refractivity contribution in [2.75, 3.05) is 13.1 Å². The van der Waals surface area contributed by atoms with E-state index >= 15 is 0 Å². The van der Waals surface area contributed by atoms with Crippen molar-refractivity contribution in [3.05, 3.63) is 69.8 Å². The zero-order valence-corrected chi connectivity index (χ0v) is 18.3. The summed E-state index contributed by atoms with van der Waals surface area (Å²) >= 11 is 12.3. The first-order valence-electron chi connectivity index (χ1n) is 10.0. The highest BCUT2D eigenvalue weighted by Gasteiger charge is 2.30. The van der Waals surface area contributed by atoms with Crippen LogP contribution in [0.5, 0.6) is 0 Å². The zero-order chi connectivity index (χ0) is 22.9. The molecule has 2 aromatic carbocycles. The summed E-state index contributed by atoms with van der Waals surface area (Å²) in [4.78, 5) is 12.8. The predicted octanol–water partition coefficient (Wildman–Crippen LogP) is 6.00. The second-order valence-electron chi connectivity index (χ2n) is 7.49. The Balaban J connectivity index is 1.74. The third kappa shape index (κ3) is 4.92. The molecule has 0 bridgehead atoms. The molecule has 2 heterocycles. The molecular weight excluding hydrogens is 464 g/mol. The number of amides is 1. The lowest BCUT2D eigenvalue weighted by molar-refractivity contribution is -0.137. The Morgan fingerprint density at radius 2 is 1.66 bits per heavy atom. The molecule has 0 atom stereocenters. The van der Waals surface area contributed by atoms with Crippen LogP contribution in [0.1, 0.15) is 35.3 Å². The summed E-state index contributed by atoms with van der Waals surface area (Å²) in [5, 5.41) is 6.97. The number of aromatic nitrogens is 2. The predicted molar refractivity (Wildman–Crippen MR) is 117 cm³/mol. The van der Waals surface area contributed by atoms with Crippen LogP contribution in [0.3, 0.4) is 0 Å². The van der Waals surface area contributed by atoms with Gasteiger partial charge in [0.15, 0.2) is 5.69 Å². The molecule has 4 rings (SSSR count). The normalized spacial score (nSPS) is 15.0. The second-order valence-corrected chi connectivity index (χ2v) is 8.33. The SMILES string of the molecule is O=C(NN1CCCCC1)c1cc(-c2ccc(C(F)(F)F)cc2)n(-c2ccc(Cl)cc2Cl)n1. The molecule has 0 spiro atoms. The molecule has 0 saturated carbocycles. The number of benzene rings is 2. The van der Waals surface area contributed by atoms with Crippen LogP contribution >= 0.6 is 23.2 Å². The van der Waals surface area contributed by atoms with Crippen molar-refractivity contribution in [1.29, 1.82) is 0 Å². The van der Waals surface area contributed by atoms with E-state index in [0.717, 1.165) is 44.5 Å². The minimum absolute atomic E-state index is 0.122. The van der Waals surface area contributed by atoms with Crippen LogP contribution in [-0.4, -0.2) is 33.8 Å². The Bertz CT molecular complexity index is 1120. The highest BCUT2D eigenvalue weighted by molar-refractivity contribution is 6.35. The number of nitrogens with one attached hydrogen (secondary N) is 1. The van der Waals surface area contributed by atoms with Crippen molar-refractivity contribution in [3.8, 4) is 16.9 Å². The van der Waals surface area contributed by atoms with Gasteiger partial charge in [-0.15, -0.1) is 0 Å². The number of rotatable bonds is 4. The zero-order valence-electron chi connectivity index (χ0n) is 16.8. The van der Waals surface area contributed by atoms with Crippen molar-refractivity contribution in [3.63, 3.8) is 0 Å². The lowest BCUT2D eigenvalue weighted by Gasteiger charge is -2.26. The number of carbonyl (C=O) groups is 1. The van der Waals surface area contributed by atoms with Gasteiger partial charge in [-0.05, 0) is 49.2 Å². The van der Waals surface area contributed by atoms with Crippen molar-refractivity contribution < 1.29 is 18.0 Å². The molecule has 1 N–H and O–H groups in total. The van der Waals surface area contributed by atoms with Gasteiger partial charge in [0.1, 0.15) is 0 Å². The summed E-state index contributed by atoms with van der Waals surface area (Å²) in [7, 11) is 0. The molecule has 1 aromatic heterocycles. The Hall–Kier alpha value is -2.55. The van der Waals surface area contributed by atoms with Crippen LogP contribution in [0.25, 0.3) is 16.9 Å². The number of hydrazine groups is 1. The molecule has 1 amide bonds. The van der Waals surface area contributed by atoms with Crippen LogP contribution in [-0.2, 0) is 6.18 Å². The van der Waals surface area contributed by atoms with Crippen molar-refractivity contribution in [2.45, 2.75) is 25.4 Å². The molecule has 10 heteroatoms. The maximum absolute atomic E-state index is 13.0. The molecule has 1 fully saturated rings. The molecule has 5 nitrogen and oxygen atoms in total. The second kappa shape index (κ2) is 9.13. The first-order chi connectivity index (χ1) is 15.2. The van der Waals surface area contributed by atoms with Crippen LogP contribution in [0.2, 0.25) is 10.0 Å². The van der Waals surface area contributed by atoms with E-state index in [1.165, 1.54) is 28.9 Å². The molecule has 0 unspecified atom stereocenters. The van der Waals surface area contributed by atoms with Crippen molar-refractivity contribution in [2.24, 2.45) is 0 Å². The van der Waals surface area contributed by atoms with Gasteiger partial charge in [-0.3, -0.25) is 10.2 Å². The van der Waals surface area contributed by atoms with Gasteiger partial charge in [-0.1, -0.05) is 41.8 Å². The maximum atomic E-state index is 13.0. The summed E-state index contributed by atoms with van der Waals surface area (Å²) < 4.78 is 40.4. The summed E-state index contributed by atoms with van der Waals surface area (Å²) in [6, 6.07) is 11.0. The first-order valence-corrected chi connectivity index (χ1v) is 10.8. The number of halogens is 5. The van der Waals surface area contributed by atoms with Crippen LogP contribution in [0.4, 0.5) is 13.2 Å². The van der Waals surface area contributed by atoms with Gasteiger partial charge in [0, 0.05) is 23.7 Å². The van der Waals surface area contributed by atoms with Gasteiger partial charge in [-0.25, -0.2) is 9.69 Å². The molecule has 1 saturated heterocycles. The minimum atomic E-state index is -4.45. The smallest absolute Gasteiger partial charge is 0.283 e. The fourth-order valence-electron chi connectivity index (χ4n) is 3.57. The Morgan fingerprint density at radius 3 is 2.28 bits per heavy atom. The standard InChI is InChI=1S/C22H19Cl2F3N4O/c23-16-8-9-19(17(24)12-16)31-20(14-4-6-15(7-5-14)22(25,26)27)13-18(28-31)21(32)29-30-10-2-1-3-11-30/h4-9,12-13H,1-3,10-11H2,(H,29,32).